The van der Waals surface area contributed by atoms with Gasteiger partial charge in [-0.15, -0.1) is 0 Å². The van der Waals surface area contributed by atoms with Crippen molar-refractivity contribution >= 4 is 15.9 Å². The molecule has 112 valence electrons. The van der Waals surface area contributed by atoms with Crippen LogP contribution < -0.4 is 10.5 Å². The monoisotopic (exact) mass is 300 g/mol. The predicted molar refractivity (Wildman–Crippen MR) is 75.0 cm³/mol. The van der Waals surface area contributed by atoms with Crippen molar-refractivity contribution in [1.29, 1.82) is 5.41 Å². The molecule has 2 rings (SSSR count). The molecule has 0 radical (unpaired) electrons. The first-order valence-electron chi connectivity index (χ1n) is 6.34. The molecule has 0 bridgehead atoms. The van der Waals surface area contributed by atoms with Crippen LogP contribution in [0.3, 0.4) is 0 Å². The Morgan fingerprint density at radius 2 is 2.15 bits per heavy atom. The zero-order valence-corrected chi connectivity index (χ0v) is 12.4. The lowest BCUT2D eigenvalue weighted by Gasteiger charge is -2.39. The number of piperidine rings is 1. The molecule has 0 saturated carbocycles. The Balaban J connectivity index is 2.27. The number of rotatable bonds is 4. The van der Waals surface area contributed by atoms with Gasteiger partial charge >= 0.3 is 0 Å². The molecule has 0 amide bonds. The molecule has 0 aromatic carbocycles. The van der Waals surface area contributed by atoms with E-state index in [-0.39, 0.29) is 10.9 Å². The third-order valence-corrected chi connectivity index (χ3v) is 5.10. The first-order valence-corrected chi connectivity index (χ1v) is 7.82. The van der Waals surface area contributed by atoms with E-state index in [0.29, 0.717) is 31.8 Å². The lowest BCUT2D eigenvalue weighted by Crippen LogP contribution is -2.61. The van der Waals surface area contributed by atoms with Crippen LogP contribution in [0.4, 0.5) is 0 Å². The zero-order valence-electron chi connectivity index (χ0n) is 11.6. The lowest BCUT2D eigenvalue weighted by atomic mass is 9.88. The number of aromatic amines is 1. The summed E-state index contributed by atoms with van der Waals surface area (Å²) in [5.41, 5.74) is 4.64. The summed E-state index contributed by atoms with van der Waals surface area (Å²) in [7, 11) is -1.81. The van der Waals surface area contributed by atoms with Crippen LogP contribution in [0.2, 0.25) is 0 Å². The van der Waals surface area contributed by atoms with Crippen LogP contribution in [0.25, 0.3) is 0 Å². The molecule has 1 fully saturated rings. The molecule has 1 aliphatic rings. The summed E-state index contributed by atoms with van der Waals surface area (Å²) < 4.78 is 27.3. The van der Waals surface area contributed by atoms with Gasteiger partial charge in [0, 0.05) is 13.1 Å². The third-order valence-electron chi connectivity index (χ3n) is 3.65. The summed E-state index contributed by atoms with van der Waals surface area (Å²) in [6.07, 6.45) is 2.22. The minimum Gasteiger partial charge on any atom is -0.386 e. The quantitative estimate of drug-likeness (QED) is 0.436. The first-order chi connectivity index (χ1) is 9.25. The number of aryl methyl sites for hydroxylation is 1. The number of nitrogens with zero attached hydrogens (tertiary/aromatic N) is 2. The van der Waals surface area contributed by atoms with Crippen LogP contribution in [0.15, 0.2) is 11.2 Å². The second-order valence-electron chi connectivity index (χ2n) is 5.24. The molecule has 0 spiro atoms. The minimum absolute atomic E-state index is 0.00504. The molecule has 20 heavy (non-hydrogen) atoms. The van der Waals surface area contributed by atoms with Gasteiger partial charge in [0.15, 0.2) is 5.03 Å². The Labute approximate surface area is 118 Å². The smallest absolute Gasteiger partial charge is 0.258 e. The number of hydrogen-bond acceptors (Lipinski definition) is 5. The van der Waals surface area contributed by atoms with Crippen LogP contribution in [-0.2, 0) is 10.0 Å². The van der Waals surface area contributed by atoms with Gasteiger partial charge in [-0.2, -0.15) is 4.72 Å². The summed E-state index contributed by atoms with van der Waals surface area (Å²) in [5.74, 6) is 0.371. The van der Waals surface area contributed by atoms with E-state index in [1.165, 1.54) is 6.20 Å². The van der Waals surface area contributed by atoms with Crippen molar-refractivity contribution in [1.82, 2.24) is 19.6 Å². The van der Waals surface area contributed by atoms with Gasteiger partial charge in [-0.25, -0.2) is 13.4 Å². The summed E-state index contributed by atoms with van der Waals surface area (Å²) in [6.45, 7) is 3.05. The fourth-order valence-electron chi connectivity index (χ4n) is 2.27. The van der Waals surface area contributed by atoms with E-state index >= 15 is 0 Å². The van der Waals surface area contributed by atoms with E-state index in [0.717, 1.165) is 0 Å². The van der Waals surface area contributed by atoms with Crippen molar-refractivity contribution in [3.05, 3.63) is 12.0 Å². The molecule has 0 aliphatic carbocycles. The topological polar surface area (TPSA) is 128 Å². The van der Waals surface area contributed by atoms with E-state index in [1.54, 1.807) is 6.92 Å². The van der Waals surface area contributed by atoms with Crippen molar-refractivity contribution < 1.29 is 8.42 Å². The summed E-state index contributed by atoms with van der Waals surface area (Å²) in [4.78, 5) is 8.65. The fraction of sp³-hybridized carbons (Fsp3) is 0.636. The number of aromatic nitrogens is 2. The molecule has 9 heteroatoms. The predicted octanol–water partition coefficient (Wildman–Crippen LogP) is -0.603. The maximum Gasteiger partial charge on any atom is 0.258 e. The number of imidazole rings is 1. The van der Waals surface area contributed by atoms with Crippen molar-refractivity contribution in [2.45, 2.75) is 30.3 Å². The number of H-pyrrole nitrogens is 1. The van der Waals surface area contributed by atoms with Gasteiger partial charge in [0.2, 0.25) is 0 Å². The van der Waals surface area contributed by atoms with Gasteiger partial charge in [0.25, 0.3) is 10.0 Å². The maximum atomic E-state index is 12.4. The molecule has 1 saturated heterocycles. The van der Waals surface area contributed by atoms with Gasteiger partial charge in [-0.3, -0.25) is 5.41 Å². The molecule has 2 heterocycles. The van der Waals surface area contributed by atoms with Crippen LogP contribution >= 0.6 is 0 Å². The molecule has 0 unspecified atom stereocenters. The Hall–Kier alpha value is -1.45. The number of likely N-dealkylation sites (tertiary alicyclic amines) is 1. The van der Waals surface area contributed by atoms with Crippen molar-refractivity contribution in [2.24, 2.45) is 5.73 Å². The highest BCUT2D eigenvalue weighted by Crippen LogP contribution is 2.24. The Bertz CT molecular complexity index is 600. The molecule has 5 N–H and O–H groups in total. The molecule has 1 aromatic heterocycles. The Morgan fingerprint density at radius 3 is 2.60 bits per heavy atom. The van der Waals surface area contributed by atoms with Crippen molar-refractivity contribution in [2.75, 3.05) is 20.1 Å². The van der Waals surface area contributed by atoms with E-state index in [2.05, 4.69) is 19.6 Å². The largest absolute Gasteiger partial charge is 0.386 e. The van der Waals surface area contributed by atoms with E-state index in [9.17, 15) is 8.42 Å². The van der Waals surface area contributed by atoms with Gasteiger partial charge in [0.05, 0.1) is 11.7 Å². The standard InChI is InChI=1S/C11H20N6O2S/c1-8-14-7-9(15-8)20(18,19)16-11(10(12)13)3-5-17(2)6-4-11/h7,16H,3-6H2,1-2H3,(H3,12,13)(H,14,15). The molecule has 1 aliphatic heterocycles. The number of hydrogen-bond donors (Lipinski definition) is 4. The van der Waals surface area contributed by atoms with Crippen LogP contribution in [0, 0.1) is 12.3 Å². The maximum absolute atomic E-state index is 12.4. The molecular weight excluding hydrogens is 280 g/mol. The van der Waals surface area contributed by atoms with Crippen LogP contribution in [0.1, 0.15) is 18.7 Å². The summed E-state index contributed by atoms with van der Waals surface area (Å²) in [6, 6.07) is 0. The third kappa shape index (κ3) is 2.84. The first kappa shape index (κ1) is 14.9. The van der Waals surface area contributed by atoms with E-state index in [4.69, 9.17) is 11.1 Å². The molecule has 1 aromatic rings. The van der Waals surface area contributed by atoms with Crippen molar-refractivity contribution in [3.8, 4) is 0 Å². The average molecular weight is 300 g/mol. The SMILES string of the molecule is Cc1ncc(S(=O)(=O)NC2(C(=N)N)CCN(C)CC2)[nH]1. The summed E-state index contributed by atoms with van der Waals surface area (Å²) in [5, 5.41) is 7.75. The van der Waals surface area contributed by atoms with Gasteiger partial charge in [-0.1, -0.05) is 0 Å². The Morgan fingerprint density at radius 1 is 1.55 bits per heavy atom. The molecule has 8 nitrogen and oxygen atoms in total. The normalized spacial score (nSPS) is 19.9. The zero-order chi connectivity index (χ0) is 15.0. The van der Waals surface area contributed by atoms with E-state index in [1.807, 2.05) is 7.05 Å². The van der Waals surface area contributed by atoms with Crippen LogP contribution in [-0.4, -0.2) is 54.8 Å². The van der Waals surface area contributed by atoms with Gasteiger partial charge < -0.3 is 15.6 Å². The van der Waals surface area contributed by atoms with Gasteiger partial charge in [0.1, 0.15) is 11.7 Å². The lowest BCUT2D eigenvalue weighted by molar-refractivity contribution is 0.218. The Kier molecular flexibility index (Phi) is 3.85. The minimum atomic E-state index is -3.77. The number of nitrogens with one attached hydrogen (secondary N) is 3. The molecule has 0 atom stereocenters. The van der Waals surface area contributed by atoms with Crippen LogP contribution in [0.5, 0.6) is 0 Å². The highest BCUT2D eigenvalue weighted by molar-refractivity contribution is 7.89. The van der Waals surface area contributed by atoms with Gasteiger partial charge in [-0.05, 0) is 26.8 Å². The number of amidine groups is 1. The number of sulfonamides is 1. The fourth-order valence-corrected chi connectivity index (χ4v) is 3.69. The number of nitrogens with two attached hydrogens (primary N) is 1. The average Bonchev–Trinajstić information content (AvgIpc) is 2.79. The van der Waals surface area contributed by atoms with Crippen molar-refractivity contribution in [3.63, 3.8) is 0 Å². The summed E-state index contributed by atoms with van der Waals surface area (Å²) >= 11 is 0. The second kappa shape index (κ2) is 5.15. The molecular formula is C11H20N6O2S. The van der Waals surface area contributed by atoms with E-state index < -0.39 is 15.6 Å². The second-order valence-corrected chi connectivity index (χ2v) is 6.89. The highest BCUT2D eigenvalue weighted by Gasteiger charge is 2.41. The highest BCUT2D eigenvalue weighted by atomic mass is 32.2.